The van der Waals surface area contributed by atoms with Gasteiger partial charge in [-0.1, -0.05) is 0 Å². The lowest BCUT2D eigenvalue weighted by atomic mass is 10.2. The number of aromatic carboxylic acids is 1. The number of halogens is 1. The van der Waals surface area contributed by atoms with Gasteiger partial charge in [0.2, 0.25) is 0 Å². The SMILES string of the molecule is CC(C)(C)OC(=O)Nc1cc(C(=O)O)ccc1Br. The number of ether oxygens (including phenoxy) is 1. The van der Waals surface area contributed by atoms with Crippen molar-refractivity contribution >= 4 is 33.7 Å². The van der Waals surface area contributed by atoms with Gasteiger partial charge in [-0.3, -0.25) is 5.32 Å². The highest BCUT2D eigenvalue weighted by Gasteiger charge is 2.17. The average molecular weight is 316 g/mol. The Morgan fingerprint density at radius 1 is 1.33 bits per heavy atom. The van der Waals surface area contributed by atoms with Gasteiger partial charge in [-0.15, -0.1) is 0 Å². The summed E-state index contributed by atoms with van der Waals surface area (Å²) < 4.78 is 5.66. The van der Waals surface area contributed by atoms with Crippen LogP contribution in [0.25, 0.3) is 0 Å². The summed E-state index contributed by atoms with van der Waals surface area (Å²) in [6.07, 6.45) is -0.634. The van der Waals surface area contributed by atoms with Crippen molar-refractivity contribution in [1.82, 2.24) is 0 Å². The first-order valence-electron chi connectivity index (χ1n) is 5.22. The van der Waals surface area contributed by atoms with E-state index >= 15 is 0 Å². The van der Waals surface area contributed by atoms with E-state index in [2.05, 4.69) is 21.2 Å². The highest BCUT2D eigenvalue weighted by molar-refractivity contribution is 9.10. The third-order valence-corrected chi connectivity index (χ3v) is 2.54. The maximum Gasteiger partial charge on any atom is 0.412 e. The highest BCUT2D eigenvalue weighted by atomic mass is 79.9. The summed E-state index contributed by atoms with van der Waals surface area (Å²) in [6.45, 7) is 5.24. The van der Waals surface area contributed by atoms with Crippen LogP contribution in [0, 0.1) is 0 Å². The summed E-state index contributed by atoms with van der Waals surface area (Å²) >= 11 is 3.22. The van der Waals surface area contributed by atoms with Crippen LogP contribution in [0.2, 0.25) is 0 Å². The van der Waals surface area contributed by atoms with E-state index in [1.807, 2.05) is 0 Å². The van der Waals surface area contributed by atoms with Gasteiger partial charge in [-0.2, -0.15) is 0 Å². The molecule has 0 unspecified atom stereocenters. The Kier molecular flexibility index (Phi) is 4.34. The Bertz CT molecular complexity index is 479. The molecule has 0 radical (unpaired) electrons. The molecule has 0 bridgehead atoms. The van der Waals surface area contributed by atoms with Gasteiger partial charge in [-0.05, 0) is 54.9 Å². The average Bonchev–Trinajstić information content (AvgIpc) is 2.18. The van der Waals surface area contributed by atoms with E-state index in [0.29, 0.717) is 10.2 Å². The number of nitrogens with one attached hydrogen (secondary N) is 1. The Hall–Kier alpha value is -1.56. The molecule has 0 fully saturated rings. The second-order valence-electron chi connectivity index (χ2n) is 4.63. The number of rotatable bonds is 2. The molecule has 0 aromatic heterocycles. The van der Waals surface area contributed by atoms with Crippen LogP contribution in [0.1, 0.15) is 31.1 Å². The number of carbonyl (C=O) groups is 2. The van der Waals surface area contributed by atoms with E-state index in [1.165, 1.54) is 12.1 Å². The van der Waals surface area contributed by atoms with Crippen LogP contribution in [0.15, 0.2) is 22.7 Å². The topological polar surface area (TPSA) is 75.6 Å². The fourth-order valence-corrected chi connectivity index (χ4v) is 1.51. The maximum absolute atomic E-state index is 11.6. The molecule has 2 N–H and O–H groups in total. The molecular formula is C12H14BrNO4. The molecule has 18 heavy (non-hydrogen) atoms. The largest absolute Gasteiger partial charge is 0.478 e. The molecule has 5 nitrogen and oxygen atoms in total. The molecule has 0 saturated carbocycles. The minimum atomic E-state index is -1.06. The van der Waals surface area contributed by atoms with Crippen LogP contribution in [-0.2, 0) is 4.74 Å². The smallest absolute Gasteiger partial charge is 0.412 e. The third kappa shape index (κ3) is 4.37. The lowest BCUT2D eigenvalue weighted by molar-refractivity contribution is 0.0632. The van der Waals surface area contributed by atoms with Crippen LogP contribution >= 0.6 is 15.9 Å². The summed E-state index contributed by atoms with van der Waals surface area (Å²) in [5.41, 5.74) is -0.172. The van der Waals surface area contributed by atoms with Gasteiger partial charge >= 0.3 is 12.1 Å². The van der Waals surface area contributed by atoms with Gasteiger partial charge in [0.1, 0.15) is 5.60 Å². The Morgan fingerprint density at radius 2 is 1.94 bits per heavy atom. The van der Waals surface area contributed by atoms with Gasteiger partial charge in [0, 0.05) is 4.47 Å². The first-order chi connectivity index (χ1) is 8.19. The standard InChI is InChI=1S/C12H14BrNO4/c1-12(2,3)18-11(17)14-9-6-7(10(15)16)4-5-8(9)13/h4-6H,1-3H3,(H,14,17)(H,15,16). The first-order valence-corrected chi connectivity index (χ1v) is 6.01. The Morgan fingerprint density at radius 3 is 2.44 bits per heavy atom. The fourth-order valence-electron chi connectivity index (χ4n) is 1.17. The number of benzene rings is 1. The molecule has 1 rings (SSSR count). The fraction of sp³-hybridized carbons (Fsp3) is 0.333. The van der Waals surface area contributed by atoms with Gasteiger partial charge in [0.05, 0.1) is 11.3 Å². The van der Waals surface area contributed by atoms with E-state index in [9.17, 15) is 9.59 Å². The van der Waals surface area contributed by atoms with Crippen LogP contribution < -0.4 is 5.32 Å². The van der Waals surface area contributed by atoms with Crippen LogP contribution in [0.4, 0.5) is 10.5 Å². The summed E-state index contributed by atoms with van der Waals surface area (Å²) in [7, 11) is 0. The molecule has 1 aromatic carbocycles. The number of carboxylic acid groups (broad SMARTS) is 1. The quantitative estimate of drug-likeness (QED) is 0.875. The van der Waals surface area contributed by atoms with E-state index in [0.717, 1.165) is 0 Å². The van der Waals surface area contributed by atoms with Gasteiger partial charge in [0.25, 0.3) is 0 Å². The second-order valence-corrected chi connectivity index (χ2v) is 5.48. The van der Waals surface area contributed by atoms with Crippen molar-refractivity contribution in [2.24, 2.45) is 0 Å². The van der Waals surface area contributed by atoms with Gasteiger partial charge < -0.3 is 9.84 Å². The van der Waals surface area contributed by atoms with Crippen molar-refractivity contribution in [3.63, 3.8) is 0 Å². The number of hydrogen-bond acceptors (Lipinski definition) is 3. The highest BCUT2D eigenvalue weighted by Crippen LogP contribution is 2.24. The molecule has 0 aliphatic rings. The van der Waals surface area contributed by atoms with E-state index in [4.69, 9.17) is 9.84 Å². The molecule has 1 aromatic rings. The van der Waals surface area contributed by atoms with E-state index in [1.54, 1.807) is 26.8 Å². The van der Waals surface area contributed by atoms with Gasteiger partial charge in [0.15, 0.2) is 0 Å². The van der Waals surface area contributed by atoms with Crippen molar-refractivity contribution in [1.29, 1.82) is 0 Å². The van der Waals surface area contributed by atoms with E-state index in [-0.39, 0.29) is 5.56 Å². The summed E-state index contributed by atoms with van der Waals surface area (Å²) in [4.78, 5) is 22.4. The molecule has 0 aliphatic heterocycles. The van der Waals surface area contributed by atoms with E-state index < -0.39 is 17.7 Å². The molecule has 1 amide bonds. The molecule has 0 saturated heterocycles. The molecule has 0 aliphatic carbocycles. The zero-order valence-electron chi connectivity index (χ0n) is 10.3. The molecule has 0 atom stereocenters. The van der Waals surface area contributed by atoms with Crippen molar-refractivity contribution in [3.8, 4) is 0 Å². The number of carboxylic acids is 1. The summed E-state index contributed by atoms with van der Waals surface area (Å²) in [6, 6.07) is 4.35. The number of carbonyl (C=O) groups excluding carboxylic acids is 1. The number of hydrogen-bond donors (Lipinski definition) is 2. The lowest BCUT2D eigenvalue weighted by Crippen LogP contribution is -2.27. The van der Waals surface area contributed by atoms with Crippen LogP contribution in [0.5, 0.6) is 0 Å². The zero-order valence-corrected chi connectivity index (χ0v) is 11.9. The van der Waals surface area contributed by atoms with Crippen LogP contribution in [0.3, 0.4) is 0 Å². The minimum Gasteiger partial charge on any atom is -0.478 e. The van der Waals surface area contributed by atoms with Crippen LogP contribution in [-0.4, -0.2) is 22.8 Å². The molecule has 0 heterocycles. The summed E-state index contributed by atoms with van der Waals surface area (Å²) in [5, 5.41) is 11.4. The molecule has 98 valence electrons. The maximum atomic E-state index is 11.6. The third-order valence-electron chi connectivity index (χ3n) is 1.85. The monoisotopic (exact) mass is 315 g/mol. The Balaban J connectivity index is 2.87. The second kappa shape index (κ2) is 5.39. The minimum absolute atomic E-state index is 0.0873. The zero-order chi connectivity index (χ0) is 13.9. The predicted octanol–water partition coefficient (Wildman–Crippen LogP) is 3.49. The van der Waals surface area contributed by atoms with Gasteiger partial charge in [-0.25, -0.2) is 9.59 Å². The molecule has 0 spiro atoms. The van der Waals surface area contributed by atoms with Crippen molar-refractivity contribution in [2.75, 3.05) is 5.32 Å². The summed E-state index contributed by atoms with van der Waals surface area (Å²) in [5.74, 6) is -1.06. The van der Waals surface area contributed by atoms with Crippen molar-refractivity contribution in [3.05, 3.63) is 28.2 Å². The number of anilines is 1. The predicted molar refractivity (Wildman–Crippen MR) is 71.0 cm³/mol. The Labute approximate surface area is 113 Å². The normalized spacial score (nSPS) is 10.9. The molecule has 6 heteroatoms. The van der Waals surface area contributed by atoms with Crippen molar-refractivity contribution < 1.29 is 19.4 Å². The number of amides is 1. The van der Waals surface area contributed by atoms with Crippen molar-refractivity contribution in [2.45, 2.75) is 26.4 Å². The lowest BCUT2D eigenvalue weighted by Gasteiger charge is -2.20. The molecular weight excluding hydrogens is 302 g/mol. The first kappa shape index (κ1) is 14.5.